The van der Waals surface area contributed by atoms with Crippen LogP contribution in [0.4, 0.5) is 0 Å². The van der Waals surface area contributed by atoms with E-state index in [4.69, 9.17) is 0 Å². The first kappa shape index (κ1) is 12.9. The third-order valence-corrected chi connectivity index (χ3v) is 5.21. The molecule has 5 unspecified atom stereocenters. The van der Waals surface area contributed by atoms with Crippen LogP contribution in [0.3, 0.4) is 0 Å². The van der Waals surface area contributed by atoms with Crippen molar-refractivity contribution in [2.75, 3.05) is 20.1 Å². The standard InChI is InChI=1S/C14H25NO2/c1-8-5-9(2)12-7-15(4)6-11(8)13(12)10(3)14(16)17/h8-13H,5-7H2,1-4H3,(H,16,17). The number of carboxylic acids is 1. The Bertz CT molecular complexity index is 287. The van der Waals surface area contributed by atoms with Crippen molar-refractivity contribution in [1.82, 2.24) is 4.90 Å². The largest absolute Gasteiger partial charge is 0.481 e. The number of nitrogens with zero attached hydrogens (tertiary/aromatic N) is 1. The Hall–Kier alpha value is -0.570. The quantitative estimate of drug-likeness (QED) is 0.803. The molecule has 0 aromatic heterocycles. The molecule has 0 amide bonds. The second-order valence-corrected chi connectivity index (χ2v) is 6.44. The van der Waals surface area contributed by atoms with Crippen LogP contribution < -0.4 is 0 Å². The lowest BCUT2D eigenvalue weighted by Crippen LogP contribution is -2.55. The minimum atomic E-state index is -0.615. The van der Waals surface area contributed by atoms with E-state index >= 15 is 0 Å². The fourth-order valence-electron chi connectivity index (χ4n) is 4.32. The van der Waals surface area contributed by atoms with E-state index in [1.165, 1.54) is 6.42 Å². The maximum Gasteiger partial charge on any atom is 0.306 e. The second kappa shape index (κ2) is 4.60. The summed E-state index contributed by atoms with van der Waals surface area (Å²) in [7, 11) is 2.17. The number of rotatable bonds is 2. The first-order chi connectivity index (χ1) is 7.91. The molecule has 1 N–H and O–H groups in total. The van der Waals surface area contributed by atoms with Crippen LogP contribution in [0.25, 0.3) is 0 Å². The van der Waals surface area contributed by atoms with Crippen molar-refractivity contribution in [3.05, 3.63) is 0 Å². The van der Waals surface area contributed by atoms with Gasteiger partial charge in [-0.3, -0.25) is 4.79 Å². The van der Waals surface area contributed by atoms with Crippen LogP contribution in [0.2, 0.25) is 0 Å². The van der Waals surface area contributed by atoms with Gasteiger partial charge in [-0.25, -0.2) is 0 Å². The Kier molecular flexibility index (Phi) is 3.48. The summed E-state index contributed by atoms with van der Waals surface area (Å²) in [5.41, 5.74) is 0. The highest BCUT2D eigenvalue weighted by molar-refractivity contribution is 5.70. The SMILES string of the molecule is CC1CC(C)C2CN(C)CC1C2C(C)C(=O)O. The van der Waals surface area contributed by atoms with Gasteiger partial charge in [0.15, 0.2) is 0 Å². The van der Waals surface area contributed by atoms with Crippen LogP contribution in [0, 0.1) is 35.5 Å². The van der Waals surface area contributed by atoms with Gasteiger partial charge in [0, 0.05) is 13.1 Å². The Balaban J connectivity index is 2.26. The molecule has 0 aromatic rings. The molecule has 2 bridgehead atoms. The van der Waals surface area contributed by atoms with Gasteiger partial charge in [0.1, 0.15) is 0 Å². The van der Waals surface area contributed by atoms with Crippen molar-refractivity contribution in [3.63, 3.8) is 0 Å². The summed E-state index contributed by atoms with van der Waals surface area (Å²) < 4.78 is 0. The molecular formula is C14H25NO2. The summed E-state index contributed by atoms with van der Waals surface area (Å²) in [6, 6.07) is 0. The summed E-state index contributed by atoms with van der Waals surface area (Å²) in [5, 5.41) is 9.31. The zero-order valence-electron chi connectivity index (χ0n) is 11.4. The van der Waals surface area contributed by atoms with E-state index in [2.05, 4.69) is 25.8 Å². The van der Waals surface area contributed by atoms with Gasteiger partial charge >= 0.3 is 5.97 Å². The first-order valence-electron chi connectivity index (χ1n) is 6.83. The van der Waals surface area contributed by atoms with Crippen LogP contribution in [0.5, 0.6) is 0 Å². The first-order valence-corrected chi connectivity index (χ1v) is 6.83. The molecule has 3 nitrogen and oxygen atoms in total. The molecule has 0 spiro atoms. The van der Waals surface area contributed by atoms with E-state index in [-0.39, 0.29) is 5.92 Å². The predicted octanol–water partition coefficient (Wildman–Crippen LogP) is 2.18. The molecule has 5 atom stereocenters. The van der Waals surface area contributed by atoms with Gasteiger partial charge in [-0.1, -0.05) is 20.8 Å². The predicted molar refractivity (Wildman–Crippen MR) is 67.7 cm³/mol. The number of piperidine rings is 1. The highest BCUT2D eigenvalue weighted by Gasteiger charge is 2.48. The van der Waals surface area contributed by atoms with Crippen molar-refractivity contribution in [2.45, 2.75) is 27.2 Å². The number of fused-ring (bicyclic) bond motifs is 2. The van der Waals surface area contributed by atoms with Crippen LogP contribution in [-0.4, -0.2) is 36.1 Å². The molecule has 0 aromatic carbocycles. The van der Waals surface area contributed by atoms with Crippen molar-refractivity contribution < 1.29 is 9.90 Å². The highest BCUT2D eigenvalue weighted by Crippen LogP contribution is 2.48. The Morgan fingerprint density at radius 3 is 2.12 bits per heavy atom. The van der Waals surface area contributed by atoms with Crippen molar-refractivity contribution >= 4 is 5.97 Å². The van der Waals surface area contributed by atoms with Gasteiger partial charge < -0.3 is 10.0 Å². The number of aliphatic carboxylic acids is 1. The minimum absolute atomic E-state index is 0.191. The van der Waals surface area contributed by atoms with Crippen LogP contribution >= 0.6 is 0 Å². The van der Waals surface area contributed by atoms with Crippen molar-refractivity contribution in [1.29, 1.82) is 0 Å². The zero-order chi connectivity index (χ0) is 12.7. The lowest BCUT2D eigenvalue weighted by Gasteiger charge is -2.53. The summed E-state index contributed by atoms with van der Waals surface area (Å²) >= 11 is 0. The van der Waals surface area contributed by atoms with Crippen LogP contribution in [0.15, 0.2) is 0 Å². The molecule has 2 fully saturated rings. The average Bonchev–Trinajstić information content (AvgIpc) is 2.25. The third-order valence-electron chi connectivity index (χ3n) is 5.21. The highest BCUT2D eigenvalue weighted by atomic mass is 16.4. The smallest absolute Gasteiger partial charge is 0.306 e. The molecule has 1 aliphatic carbocycles. The van der Waals surface area contributed by atoms with Crippen molar-refractivity contribution in [3.8, 4) is 0 Å². The third kappa shape index (κ3) is 2.22. The summed E-state index contributed by atoms with van der Waals surface area (Å²) in [4.78, 5) is 13.7. The van der Waals surface area contributed by atoms with Gasteiger partial charge in [-0.2, -0.15) is 0 Å². The molecule has 0 radical (unpaired) electrons. The summed E-state index contributed by atoms with van der Waals surface area (Å²) in [5.74, 6) is 2.04. The molecular weight excluding hydrogens is 214 g/mol. The molecule has 1 saturated carbocycles. The maximum atomic E-state index is 11.3. The lowest BCUT2D eigenvalue weighted by atomic mass is 9.57. The number of carboxylic acid groups (broad SMARTS) is 1. The molecule has 1 aliphatic heterocycles. The topological polar surface area (TPSA) is 40.5 Å². The van der Waals surface area contributed by atoms with Gasteiger partial charge in [-0.15, -0.1) is 0 Å². The van der Waals surface area contributed by atoms with Gasteiger partial charge in [0.05, 0.1) is 5.92 Å². The number of hydrogen-bond acceptors (Lipinski definition) is 2. The average molecular weight is 239 g/mol. The lowest BCUT2D eigenvalue weighted by molar-refractivity contribution is -0.149. The van der Waals surface area contributed by atoms with E-state index in [0.29, 0.717) is 29.6 Å². The molecule has 3 heteroatoms. The second-order valence-electron chi connectivity index (χ2n) is 6.44. The summed E-state index contributed by atoms with van der Waals surface area (Å²) in [6.45, 7) is 8.67. The van der Waals surface area contributed by atoms with Gasteiger partial charge in [0.2, 0.25) is 0 Å². The number of carbonyl (C=O) groups is 1. The van der Waals surface area contributed by atoms with Crippen LogP contribution in [0.1, 0.15) is 27.2 Å². The molecule has 1 saturated heterocycles. The molecule has 17 heavy (non-hydrogen) atoms. The fourth-order valence-corrected chi connectivity index (χ4v) is 4.32. The Morgan fingerprint density at radius 1 is 1.24 bits per heavy atom. The summed E-state index contributed by atoms with van der Waals surface area (Å²) in [6.07, 6.45) is 1.27. The van der Waals surface area contributed by atoms with E-state index in [9.17, 15) is 9.90 Å². The van der Waals surface area contributed by atoms with E-state index in [0.717, 1.165) is 13.1 Å². The normalized spacial score (nSPS) is 44.4. The molecule has 2 rings (SSSR count). The van der Waals surface area contributed by atoms with Gasteiger partial charge in [0.25, 0.3) is 0 Å². The minimum Gasteiger partial charge on any atom is -0.481 e. The van der Waals surface area contributed by atoms with E-state index in [1.807, 2.05) is 6.92 Å². The monoisotopic (exact) mass is 239 g/mol. The molecule has 2 aliphatic rings. The maximum absolute atomic E-state index is 11.3. The Morgan fingerprint density at radius 2 is 1.71 bits per heavy atom. The molecule has 98 valence electrons. The van der Waals surface area contributed by atoms with Crippen LogP contribution in [-0.2, 0) is 4.79 Å². The number of hydrogen-bond donors (Lipinski definition) is 1. The molecule has 1 heterocycles. The fraction of sp³-hybridized carbons (Fsp3) is 0.929. The van der Waals surface area contributed by atoms with E-state index < -0.39 is 5.97 Å². The zero-order valence-corrected chi connectivity index (χ0v) is 11.4. The Labute approximate surface area is 104 Å². The number of likely N-dealkylation sites (tertiary alicyclic amines) is 1. The van der Waals surface area contributed by atoms with Gasteiger partial charge in [-0.05, 0) is 43.1 Å². The van der Waals surface area contributed by atoms with E-state index in [1.54, 1.807) is 0 Å². The van der Waals surface area contributed by atoms with Crippen molar-refractivity contribution in [2.24, 2.45) is 35.5 Å².